The lowest BCUT2D eigenvalue weighted by Crippen LogP contribution is -2.55. The summed E-state index contributed by atoms with van der Waals surface area (Å²) in [6.45, 7) is 17.4. The van der Waals surface area contributed by atoms with Crippen LogP contribution in [0, 0.1) is 5.92 Å². The Balaban J connectivity index is 4.79. The van der Waals surface area contributed by atoms with E-state index in [9.17, 15) is 19.5 Å². The number of alkyl carbamates (subject to hydrolysis) is 1. The smallest absolute Gasteiger partial charge is 0.408 e. The largest absolute Gasteiger partial charge is 0.480 e. The van der Waals surface area contributed by atoms with Crippen LogP contribution in [0.2, 0.25) is 0 Å². The van der Waals surface area contributed by atoms with Gasteiger partial charge in [-0.15, -0.1) is 0 Å². The van der Waals surface area contributed by atoms with Crippen molar-refractivity contribution in [2.75, 3.05) is 11.5 Å². The van der Waals surface area contributed by atoms with Gasteiger partial charge in [-0.25, -0.2) is 9.59 Å². The number of hydrogen-bond donors (Lipinski definition) is 3. The van der Waals surface area contributed by atoms with Crippen molar-refractivity contribution in [1.29, 1.82) is 0 Å². The molecule has 3 atom stereocenters. The molecule has 0 spiro atoms. The second kappa shape index (κ2) is 18.1. The molecule has 1 unspecified atom stereocenters. The predicted molar refractivity (Wildman–Crippen MR) is 155 cm³/mol. The number of allylic oxidation sites excluding steroid dienone is 5. The zero-order valence-electron chi connectivity index (χ0n) is 24.4. The van der Waals surface area contributed by atoms with E-state index in [1.807, 2.05) is 13.8 Å². The molecule has 0 aliphatic carbocycles. The van der Waals surface area contributed by atoms with Crippen molar-refractivity contribution in [2.24, 2.45) is 5.92 Å². The second-order valence-electron chi connectivity index (χ2n) is 10.9. The van der Waals surface area contributed by atoms with Gasteiger partial charge in [-0.05, 0) is 80.1 Å². The van der Waals surface area contributed by atoms with Crippen molar-refractivity contribution < 1.29 is 24.2 Å². The summed E-state index contributed by atoms with van der Waals surface area (Å²) in [6, 6.07) is -1.93. The molecule has 0 rings (SSSR count). The van der Waals surface area contributed by atoms with E-state index in [1.165, 1.54) is 28.5 Å². The molecular weight excluding hydrogens is 488 g/mol. The summed E-state index contributed by atoms with van der Waals surface area (Å²) in [7, 11) is 0. The molecule has 0 radical (unpaired) electrons. The Kier molecular flexibility index (Phi) is 17.0. The molecule has 0 bridgehead atoms. The molecule has 0 aliphatic rings. The summed E-state index contributed by atoms with van der Waals surface area (Å²) in [5.41, 5.74) is 3.31. The predicted octanol–water partition coefficient (Wildman–Crippen LogP) is 6.65. The Morgan fingerprint density at radius 1 is 0.946 bits per heavy atom. The molecule has 0 aromatic carbocycles. The van der Waals surface area contributed by atoms with Crippen molar-refractivity contribution in [3.05, 3.63) is 34.9 Å². The maximum Gasteiger partial charge on any atom is 0.408 e. The average Bonchev–Trinajstić information content (AvgIpc) is 2.77. The van der Waals surface area contributed by atoms with Crippen LogP contribution < -0.4 is 10.6 Å². The van der Waals surface area contributed by atoms with Crippen LogP contribution in [0.15, 0.2) is 34.9 Å². The average molecular weight is 539 g/mol. The second-order valence-corrected chi connectivity index (χ2v) is 12.0. The Hall–Kier alpha value is -2.22. The van der Waals surface area contributed by atoms with Gasteiger partial charge in [0.15, 0.2) is 0 Å². The molecule has 7 nitrogen and oxygen atoms in total. The van der Waals surface area contributed by atoms with Crippen LogP contribution in [0.4, 0.5) is 4.79 Å². The van der Waals surface area contributed by atoms with E-state index in [0.29, 0.717) is 12.2 Å². The van der Waals surface area contributed by atoms with Gasteiger partial charge in [0.2, 0.25) is 5.91 Å². The third kappa shape index (κ3) is 17.8. The Morgan fingerprint density at radius 3 is 2.03 bits per heavy atom. The molecule has 0 heterocycles. The van der Waals surface area contributed by atoms with E-state index in [0.717, 1.165) is 25.7 Å². The van der Waals surface area contributed by atoms with E-state index in [1.54, 1.807) is 20.8 Å². The first kappa shape index (κ1) is 34.8. The number of carbonyl (C=O) groups excluding carboxylic acids is 2. The van der Waals surface area contributed by atoms with Gasteiger partial charge < -0.3 is 20.5 Å². The van der Waals surface area contributed by atoms with Gasteiger partial charge in [0.1, 0.15) is 17.7 Å². The lowest BCUT2D eigenvalue weighted by atomic mass is 9.98. The quantitative estimate of drug-likeness (QED) is 0.150. The minimum atomic E-state index is -1.10. The number of aliphatic carboxylic acids is 1. The molecule has 37 heavy (non-hydrogen) atoms. The number of carboxylic acid groups (broad SMARTS) is 1. The number of rotatable bonds is 16. The summed E-state index contributed by atoms with van der Waals surface area (Å²) >= 11 is 1.46. The summed E-state index contributed by atoms with van der Waals surface area (Å²) in [5.74, 6) is -0.916. The third-order valence-corrected chi connectivity index (χ3v) is 6.71. The fraction of sp³-hybridized carbons (Fsp3) is 0.690. The van der Waals surface area contributed by atoms with Crippen LogP contribution in [0.1, 0.15) is 94.4 Å². The Morgan fingerprint density at radius 2 is 1.51 bits per heavy atom. The van der Waals surface area contributed by atoms with Gasteiger partial charge >= 0.3 is 12.1 Å². The third-order valence-electron chi connectivity index (χ3n) is 5.74. The minimum Gasteiger partial charge on any atom is -0.480 e. The lowest BCUT2D eigenvalue weighted by Gasteiger charge is -2.27. The van der Waals surface area contributed by atoms with Gasteiger partial charge in [0.05, 0.1) is 0 Å². The number of nitrogens with one attached hydrogen (secondary N) is 2. The van der Waals surface area contributed by atoms with Gasteiger partial charge in [-0.2, -0.15) is 11.8 Å². The molecule has 0 aliphatic heterocycles. The number of carboxylic acids is 1. The van der Waals surface area contributed by atoms with Crippen molar-refractivity contribution in [1.82, 2.24) is 10.6 Å². The first-order chi connectivity index (χ1) is 17.2. The van der Waals surface area contributed by atoms with Crippen molar-refractivity contribution in [2.45, 2.75) is 112 Å². The van der Waals surface area contributed by atoms with E-state index in [-0.39, 0.29) is 11.7 Å². The first-order valence-electron chi connectivity index (χ1n) is 13.2. The molecule has 8 heteroatoms. The summed E-state index contributed by atoms with van der Waals surface area (Å²) < 4.78 is 5.27. The van der Waals surface area contributed by atoms with Crippen LogP contribution in [0.5, 0.6) is 0 Å². The molecule has 0 aromatic rings. The van der Waals surface area contributed by atoms with Crippen molar-refractivity contribution in [3.8, 4) is 0 Å². The van der Waals surface area contributed by atoms with Gasteiger partial charge in [-0.3, -0.25) is 4.79 Å². The fourth-order valence-corrected chi connectivity index (χ4v) is 4.30. The van der Waals surface area contributed by atoms with E-state index in [4.69, 9.17) is 4.74 Å². The number of thioether (sulfide) groups is 1. The normalized spacial score (nSPS) is 14.8. The van der Waals surface area contributed by atoms with Crippen LogP contribution >= 0.6 is 11.8 Å². The molecule has 0 saturated heterocycles. The number of amides is 2. The highest BCUT2D eigenvalue weighted by molar-refractivity contribution is 7.99. The van der Waals surface area contributed by atoms with E-state index < -0.39 is 35.7 Å². The lowest BCUT2D eigenvalue weighted by molar-refractivity contribution is -0.141. The zero-order valence-corrected chi connectivity index (χ0v) is 25.2. The molecule has 3 N–H and O–H groups in total. The Labute approximate surface area is 229 Å². The zero-order chi connectivity index (χ0) is 28.6. The Bertz CT molecular complexity index is 823. The standard InChI is InChI=1S/C29H50N2O5S/c1-10-23(6)25(31-28(35)36-29(7,8)9)26(32)30-24(27(33)34)19-37-18-17-22(5)16-12-15-21(4)14-11-13-20(2)3/h13,15,17,23-25H,10-12,14,16,18-19H2,1-9H3,(H,30,32)(H,31,35)(H,33,34)/b21-15+,22-17+/t23-,24-,25?/m0/s1. The van der Waals surface area contributed by atoms with Gasteiger partial charge in [-0.1, -0.05) is 55.2 Å². The van der Waals surface area contributed by atoms with E-state index >= 15 is 0 Å². The molecule has 2 amide bonds. The van der Waals surface area contributed by atoms with Crippen LogP contribution in [0.3, 0.4) is 0 Å². The summed E-state index contributed by atoms with van der Waals surface area (Å²) in [4.78, 5) is 36.9. The molecule has 0 saturated carbocycles. The monoisotopic (exact) mass is 538 g/mol. The van der Waals surface area contributed by atoms with Crippen molar-refractivity contribution in [3.63, 3.8) is 0 Å². The SMILES string of the molecule is CC[C@H](C)C(NC(=O)OC(C)(C)C)C(=O)N[C@@H](CSC/C=C(\C)CC/C=C(\C)CCC=C(C)C)C(=O)O. The summed E-state index contributed by atoms with van der Waals surface area (Å²) in [6.07, 6.45) is 10.7. The fourth-order valence-electron chi connectivity index (χ4n) is 3.30. The van der Waals surface area contributed by atoms with Crippen LogP contribution in [-0.2, 0) is 14.3 Å². The maximum absolute atomic E-state index is 12.9. The molecule has 0 fully saturated rings. The van der Waals surface area contributed by atoms with Crippen molar-refractivity contribution >= 4 is 29.7 Å². The number of ether oxygens (including phenoxy) is 1. The molecule has 212 valence electrons. The minimum absolute atomic E-state index is 0.190. The van der Waals surface area contributed by atoms with Gasteiger partial charge in [0, 0.05) is 11.5 Å². The number of carbonyl (C=O) groups is 3. The highest BCUT2D eigenvalue weighted by Crippen LogP contribution is 2.14. The highest BCUT2D eigenvalue weighted by atomic mass is 32.2. The van der Waals surface area contributed by atoms with E-state index in [2.05, 4.69) is 56.6 Å². The number of hydrogen-bond acceptors (Lipinski definition) is 5. The first-order valence-corrected chi connectivity index (χ1v) is 14.4. The topological polar surface area (TPSA) is 105 Å². The molecule has 0 aromatic heterocycles. The highest BCUT2D eigenvalue weighted by Gasteiger charge is 2.31. The maximum atomic E-state index is 12.9. The summed E-state index contributed by atoms with van der Waals surface area (Å²) in [5, 5.41) is 14.8. The van der Waals surface area contributed by atoms with Crippen LogP contribution in [-0.4, -0.2) is 52.3 Å². The van der Waals surface area contributed by atoms with Gasteiger partial charge in [0.25, 0.3) is 0 Å². The molecular formula is C29H50N2O5S. The van der Waals surface area contributed by atoms with Crippen LogP contribution in [0.25, 0.3) is 0 Å².